The summed E-state index contributed by atoms with van der Waals surface area (Å²) in [5, 5.41) is 12.4. The molecule has 4 rings (SSSR count). The molecule has 6 nitrogen and oxygen atoms in total. The lowest BCUT2D eigenvalue weighted by Gasteiger charge is -2.13. The number of amides is 3. The SMILES string of the molecule is Cc1cccc(C)c1NC(=O)CSc1cccc(NC(=O)/C(=C/c2ccsc2)NC(=O)c2ccccc2)c1. The summed E-state index contributed by atoms with van der Waals surface area (Å²) in [6, 6.07) is 23.7. The van der Waals surface area contributed by atoms with E-state index in [1.807, 2.05) is 67.1 Å². The van der Waals surface area contributed by atoms with Crippen molar-refractivity contribution in [2.24, 2.45) is 0 Å². The zero-order valence-electron chi connectivity index (χ0n) is 21.0. The first-order valence-electron chi connectivity index (χ1n) is 11.9. The Hall–Kier alpha value is -4.14. The Morgan fingerprint density at radius 1 is 0.868 bits per heavy atom. The quantitative estimate of drug-likeness (QED) is 0.167. The van der Waals surface area contributed by atoms with Gasteiger partial charge in [-0.1, -0.05) is 42.5 Å². The predicted molar refractivity (Wildman–Crippen MR) is 157 cm³/mol. The molecule has 0 aliphatic carbocycles. The van der Waals surface area contributed by atoms with Crippen LogP contribution in [0.2, 0.25) is 0 Å². The van der Waals surface area contributed by atoms with Crippen LogP contribution in [-0.4, -0.2) is 23.5 Å². The zero-order chi connectivity index (χ0) is 26.9. The monoisotopic (exact) mass is 541 g/mol. The van der Waals surface area contributed by atoms with E-state index in [4.69, 9.17) is 0 Å². The van der Waals surface area contributed by atoms with Gasteiger partial charge in [-0.05, 0) is 83.8 Å². The third kappa shape index (κ3) is 7.44. The van der Waals surface area contributed by atoms with Crippen LogP contribution in [-0.2, 0) is 9.59 Å². The molecule has 0 bridgehead atoms. The number of thiophene rings is 1. The average molecular weight is 542 g/mol. The molecule has 0 spiro atoms. The molecule has 192 valence electrons. The number of hydrogen-bond acceptors (Lipinski definition) is 5. The molecule has 1 heterocycles. The first-order chi connectivity index (χ1) is 18.4. The molecule has 0 saturated carbocycles. The van der Waals surface area contributed by atoms with Crippen molar-refractivity contribution in [2.75, 3.05) is 16.4 Å². The fraction of sp³-hybridized carbons (Fsp3) is 0.100. The Balaban J connectivity index is 1.42. The van der Waals surface area contributed by atoms with Crippen molar-refractivity contribution >= 4 is 58.3 Å². The minimum Gasteiger partial charge on any atom is -0.325 e. The van der Waals surface area contributed by atoms with Crippen molar-refractivity contribution in [3.63, 3.8) is 0 Å². The summed E-state index contributed by atoms with van der Waals surface area (Å²) in [7, 11) is 0. The molecule has 38 heavy (non-hydrogen) atoms. The van der Waals surface area contributed by atoms with Crippen molar-refractivity contribution < 1.29 is 14.4 Å². The van der Waals surface area contributed by atoms with Gasteiger partial charge in [-0.2, -0.15) is 11.3 Å². The number of rotatable bonds is 9. The van der Waals surface area contributed by atoms with Crippen molar-refractivity contribution in [3.8, 4) is 0 Å². The van der Waals surface area contributed by atoms with Crippen LogP contribution in [0.15, 0.2) is 100 Å². The van der Waals surface area contributed by atoms with Gasteiger partial charge in [0.2, 0.25) is 5.91 Å². The fourth-order valence-electron chi connectivity index (χ4n) is 3.66. The Kier molecular flexibility index (Phi) is 9.13. The zero-order valence-corrected chi connectivity index (χ0v) is 22.6. The van der Waals surface area contributed by atoms with E-state index in [1.165, 1.54) is 23.1 Å². The number of benzene rings is 3. The number of para-hydroxylation sites is 1. The average Bonchev–Trinajstić information content (AvgIpc) is 3.43. The van der Waals surface area contributed by atoms with Crippen LogP contribution in [0.5, 0.6) is 0 Å². The van der Waals surface area contributed by atoms with E-state index in [-0.39, 0.29) is 23.3 Å². The summed E-state index contributed by atoms with van der Waals surface area (Å²) in [6.07, 6.45) is 1.64. The van der Waals surface area contributed by atoms with E-state index < -0.39 is 5.91 Å². The molecule has 0 aliphatic rings. The number of thioether (sulfide) groups is 1. The molecule has 0 unspecified atom stereocenters. The maximum absolute atomic E-state index is 13.2. The number of hydrogen-bond donors (Lipinski definition) is 3. The van der Waals surface area contributed by atoms with Gasteiger partial charge in [0.1, 0.15) is 5.70 Å². The number of carbonyl (C=O) groups is 3. The van der Waals surface area contributed by atoms with Gasteiger partial charge < -0.3 is 16.0 Å². The van der Waals surface area contributed by atoms with Crippen LogP contribution in [0.25, 0.3) is 6.08 Å². The van der Waals surface area contributed by atoms with E-state index in [1.54, 1.807) is 42.5 Å². The van der Waals surface area contributed by atoms with E-state index in [0.717, 1.165) is 27.3 Å². The third-order valence-corrected chi connectivity index (χ3v) is 7.29. The summed E-state index contributed by atoms with van der Waals surface area (Å²) in [6.45, 7) is 3.93. The van der Waals surface area contributed by atoms with Gasteiger partial charge in [0.05, 0.1) is 5.75 Å². The summed E-state index contributed by atoms with van der Waals surface area (Å²) in [5.41, 5.74) is 4.81. The minimum atomic E-state index is -0.449. The van der Waals surface area contributed by atoms with Crippen LogP contribution in [0, 0.1) is 13.8 Å². The molecule has 0 atom stereocenters. The van der Waals surface area contributed by atoms with Crippen LogP contribution in [0.1, 0.15) is 27.0 Å². The summed E-state index contributed by atoms with van der Waals surface area (Å²) in [5.74, 6) is -0.704. The van der Waals surface area contributed by atoms with Gasteiger partial charge in [0.15, 0.2) is 0 Å². The van der Waals surface area contributed by atoms with Crippen LogP contribution in [0.4, 0.5) is 11.4 Å². The van der Waals surface area contributed by atoms with Gasteiger partial charge in [0, 0.05) is 21.8 Å². The maximum atomic E-state index is 13.2. The van der Waals surface area contributed by atoms with E-state index in [2.05, 4.69) is 16.0 Å². The van der Waals surface area contributed by atoms with Crippen LogP contribution in [0.3, 0.4) is 0 Å². The number of aryl methyl sites for hydroxylation is 2. The fourth-order valence-corrected chi connectivity index (χ4v) is 5.04. The predicted octanol–water partition coefficient (Wildman–Crippen LogP) is 6.51. The number of nitrogens with one attached hydrogen (secondary N) is 3. The molecule has 3 aromatic carbocycles. The topological polar surface area (TPSA) is 87.3 Å². The van der Waals surface area contributed by atoms with Gasteiger partial charge >= 0.3 is 0 Å². The molecule has 4 aromatic rings. The lowest BCUT2D eigenvalue weighted by Crippen LogP contribution is -2.30. The standard InChI is InChI=1S/C30H27N3O3S2/c1-20-8-6-9-21(2)28(20)33-27(34)19-38-25-13-7-12-24(17-25)31-30(36)26(16-22-14-15-37-18-22)32-29(35)23-10-4-3-5-11-23/h3-18H,19H2,1-2H3,(H,31,36)(H,32,35)(H,33,34)/b26-16-. The van der Waals surface area contributed by atoms with Crippen molar-refractivity contribution in [1.82, 2.24) is 5.32 Å². The van der Waals surface area contributed by atoms with Gasteiger partial charge in [-0.3, -0.25) is 14.4 Å². The van der Waals surface area contributed by atoms with Gasteiger partial charge in [-0.15, -0.1) is 11.8 Å². The van der Waals surface area contributed by atoms with E-state index in [0.29, 0.717) is 11.3 Å². The Morgan fingerprint density at radius 3 is 2.32 bits per heavy atom. The molecule has 0 saturated heterocycles. The first kappa shape index (κ1) is 26.9. The van der Waals surface area contributed by atoms with Crippen LogP contribution >= 0.6 is 23.1 Å². The molecule has 0 aliphatic heterocycles. The maximum Gasteiger partial charge on any atom is 0.272 e. The van der Waals surface area contributed by atoms with Gasteiger partial charge in [0.25, 0.3) is 11.8 Å². The Morgan fingerprint density at radius 2 is 1.61 bits per heavy atom. The molecule has 0 fully saturated rings. The van der Waals surface area contributed by atoms with Gasteiger partial charge in [-0.25, -0.2) is 0 Å². The largest absolute Gasteiger partial charge is 0.325 e. The highest BCUT2D eigenvalue weighted by Gasteiger charge is 2.16. The number of anilines is 2. The lowest BCUT2D eigenvalue weighted by atomic mass is 10.1. The van der Waals surface area contributed by atoms with E-state index >= 15 is 0 Å². The minimum absolute atomic E-state index is 0.105. The van der Waals surface area contributed by atoms with Crippen molar-refractivity contribution in [3.05, 3.63) is 118 Å². The third-order valence-electron chi connectivity index (χ3n) is 5.59. The Labute approximate surface area is 230 Å². The number of carbonyl (C=O) groups excluding carboxylic acids is 3. The molecule has 3 amide bonds. The van der Waals surface area contributed by atoms with E-state index in [9.17, 15) is 14.4 Å². The van der Waals surface area contributed by atoms with Crippen LogP contribution < -0.4 is 16.0 Å². The lowest BCUT2D eigenvalue weighted by molar-refractivity contribution is -0.114. The summed E-state index contributed by atoms with van der Waals surface area (Å²) in [4.78, 5) is 39.3. The molecular weight excluding hydrogens is 514 g/mol. The Bertz CT molecular complexity index is 1450. The molecule has 0 radical (unpaired) electrons. The summed E-state index contributed by atoms with van der Waals surface area (Å²) >= 11 is 2.87. The molecule has 1 aromatic heterocycles. The molecular formula is C30H27N3O3S2. The highest BCUT2D eigenvalue weighted by atomic mass is 32.2. The second kappa shape index (κ2) is 12.9. The highest BCUT2D eigenvalue weighted by Crippen LogP contribution is 2.24. The normalized spacial score (nSPS) is 11.1. The smallest absolute Gasteiger partial charge is 0.272 e. The van der Waals surface area contributed by atoms with Crippen molar-refractivity contribution in [1.29, 1.82) is 0 Å². The molecule has 8 heteroatoms. The molecule has 3 N–H and O–H groups in total. The first-order valence-corrected chi connectivity index (χ1v) is 13.8. The highest BCUT2D eigenvalue weighted by molar-refractivity contribution is 8.00. The second-order valence-corrected chi connectivity index (χ2v) is 10.3. The van der Waals surface area contributed by atoms with Crippen molar-refractivity contribution in [2.45, 2.75) is 18.7 Å². The second-order valence-electron chi connectivity index (χ2n) is 8.52. The summed E-state index contributed by atoms with van der Waals surface area (Å²) < 4.78 is 0.